The highest BCUT2D eigenvalue weighted by molar-refractivity contribution is 5.21. The van der Waals surface area contributed by atoms with Gasteiger partial charge in [0.05, 0.1) is 0 Å². The van der Waals surface area contributed by atoms with Crippen LogP contribution in [0.1, 0.15) is 12.0 Å². The molecule has 2 nitrogen and oxygen atoms in total. The van der Waals surface area contributed by atoms with Crippen LogP contribution in [0.2, 0.25) is 0 Å². The van der Waals surface area contributed by atoms with Gasteiger partial charge in [-0.2, -0.15) is 0 Å². The van der Waals surface area contributed by atoms with E-state index in [4.69, 9.17) is 4.74 Å². The molecule has 0 spiro atoms. The Hall–Kier alpha value is -1.87. The molecule has 2 aromatic rings. The predicted octanol–water partition coefficient (Wildman–Crippen LogP) is 3.77. The number of halogens is 1. The summed E-state index contributed by atoms with van der Waals surface area (Å²) >= 11 is 0. The molecule has 116 valence electrons. The van der Waals surface area contributed by atoms with E-state index in [1.165, 1.54) is 0 Å². The molecule has 1 saturated heterocycles. The maximum absolute atomic E-state index is 13.7. The van der Waals surface area contributed by atoms with Crippen molar-refractivity contribution in [2.24, 2.45) is 5.92 Å². The van der Waals surface area contributed by atoms with Gasteiger partial charge in [-0.25, -0.2) is 4.39 Å². The molecule has 22 heavy (non-hydrogen) atoms. The van der Waals surface area contributed by atoms with Crippen molar-refractivity contribution in [2.75, 3.05) is 26.2 Å². The van der Waals surface area contributed by atoms with Crippen molar-refractivity contribution in [1.29, 1.82) is 0 Å². The van der Waals surface area contributed by atoms with Gasteiger partial charge in [-0.3, -0.25) is 4.90 Å². The fraction of sp³-hybridized carbons (Fsp3) is 0.368. The van der Waals surface area contributed by atoms with Gasteiger partial charge >= 0.3 is 0 Å². The minimum absolute atomic E-state index is 0.0756. The number of para-hydroxylation sites is 1. The Labute approximate surface area is 131 Å². The molecule has 1 aliphatic rings. The molecule has 1 fully saturated rings. The molecule has 0 N–H and O–H groups in total. The van der Waals surface area contributed by atoms with Gasteiger partial charge in [0, 0.05) is 13.1 Å². The van der Waals surface area contributed by atoms with Crippen molar-refractivity contribution in [3.63, 3.8) is 0 Å². The maximum Gasteiger partial charge on any atom is 0.126 e. The smallest absolute Gasteiger partial charge is 0.126 e. The van der Waals surface area contributed by atoms with E-state index < -0.39 is 0 Å². The van der Waals surface area contributed by atoms with Gasteiger partial charge in [-0.15, -0.1) is 0 Å². The molecule has 3 rings (SSSR count). The van der Waals surface area contributed by atoms with Crippen LogP contribution in [0.4, 0.5) is 4.39 Å². The van der Waals surface area contributed by atoms with Crippen LogP contribution in [0.25, 0.3) is 0 Å². The Balaban J connectivity index is 1.42. The molecule has 3 heteroatoms. The third-order valence-corrected chi connectivity index (χ3v) is 4.26. The second-order valence-electron chi connectivity index (χ2n) is 5.91. The number of likely N-dealkylation sites (tertiary alicyclic amines) is 1. The van der Waals surface area contributed by atoms with Gasteiger partial charge in [0.2, 0.25) is 0 Å². The Bertz CT molecular complexity index is 587. The van der Waals surface area contributed by atoms with Gasteiger partial charge < -0.3 is 4.74 Å². The van der Waals surface area contributed by atoms with Crippen molar-refractivity contribution >= 4 is 0 Å². The second-order valence-corrected chi connectivity index (χ2v) is 5.91. The van der Waals surface area contributed by atoms with E-state index in [2.05, 4.69) is 4.90 Å². The quantitative estimate of drug-likeness (QED) is 0.805. The van der Waals surface area contributed by atoms with Crippen LogP contribution in [0.5, 0.6) is 5.75 Å². The summed E-state index contributed by atoms with van der Waals surface area (Å²) in [6.07, 6.45) is 1.97. The number of hydrogen-bond acceptors (Lipinski definition) is 2. The van der Waals surface area contributed by atoms with E-state index in [0.717, 1.165) is 43.8 Å². The molecule has 0 amide bonds. The summed E-state index contributed by atoms with van der Waals surface area (Å²) in [5, 5.41) is 0. The first kappa shape index (κ1) is 15.0. The van der Waals surface area contributed by atoms with E-state index in [-0.39, 0.29) is 5.82 Å². The molecule has 0 aliphatic carbocycles. The minimum Gasteiger partial charge on any atom is -0.492 e. The average Bonchev–Trinajstić information content (AvgIpc) is 2.98. The van der Waals surface area contributed by atoms with Gasteiger partial charge in [0.1, 0.15) is 18.2 Å². The molecule has 2 aromatic carbocycles. The number of benzene rings is 2. The molecule has 0 saturated carbocycles. The first-order chi connectivity index (χ1) is 10.8. The van der Waals surface area contributed by atoms with E-state index in [1.807, 2.05) is 42.5 Å². The fourth-order valence-corrected chi connectivity index (χ4v) is 3.07. The lowest BCUT2D eigenvalue weighted by molar-refractivity contribution is 0.232. The molecule has 0 aromatic heterocycles. The standard InChI is InChI=1S/C19H22FNO/c20-19-9-5-4-6-17(19)14-16-10-11-21(15-16)12-13-22-18-7-2-1-3-8-18/h1-9,16H,10-15H2. The molecule has 1 unspecified atom stereocenters. The van der Waals surface area contributed by atoms with Crippen LogP contribution in [0.15, 0.2) is 54.6 Å². The highest BCUT2D eigenvalue weighted by Gasteiger charge is 2.23. The zero-order valence-corrected chi connectivity index (χ0v) is 12.7. The summed E-state index contributed by atoms with van der Waals surface area (Å²) in [6.45, 7) is 3.75. The average molecular weight is 299 g/mol. The van der Waals surface area contributed by atoms with Crippen LogP contribution in [0.3, 0.4) is 0 Å². The van der Waals surface area contributed by atoms with Crippen molar-refractivity contribution < 1.29 is 9.13 Å². The van der Waals surface area contributed by atoms with Crippen LogP contribution in [-0.4, -0.2) is 31.1 Å². The van der Waals surface area contributed by atoms with E-state index in [1.54, 1.807) is 12.1 Å². The summed E-state index contributed by atoms with van der Waals surface area (Å²) in [6, 6.07) is 17.0. The molecule has 0 radical (unpaired) electrons. The molecule has 0 bridgehead atoms. The highest BCUT2D eigenvalue weighted by atomic mass is 19.1. The molecule has 1 aliphatic heterocycles. The van der Waals surface area contributed by atoms with Crippen molar-refractivity contribution in [2.45, 2.75) is 12.8 Å². The van der Waals surface area contributed by atoms with Crippen molar-refractivity contribution in [3.8, 4) is 5.75 Å². The summed E-state index contributed by atoms with van der Waals surface area (Å²) in [5.74, 6) is 1.39. The summed E-state index contributed by atoms with van der Waals surface area (Å²) in [4.78, 5) is 2.41. The Morgan fingerprint density at radius 2 is 1.82 bits per heavy atom. The van der Waals surface area contributed by atoms with E-state index >= 15 is 0 Å². The van der Waals surface area contributed by atoms with E-state index in [0.29, 0.717) is 12.5 Å². The van der Waals surface area contributed by atoms with Crippen LogP contribution in [-0.2, 0) is 6.42 Å². The van der Waals surface area contributed by atoms with Gasteiger partial charge in [0.25, 0.3) is 0 Å². The first-order valence-corrected chi connectivity index (χ1v) is 7.95. The number of ether oxygens (including phenoxy) is 1. The monoisotopic (exact) mass is 299 g/mol. The lowest BCUT2D eigenvalue weighted by Crippen LogP contribution is -2.26. The Morgan fingerprint density at radius 1 is 1.05 bits per heavy atom. The first-order valence-electron chi connectivity index (χ1n) is 7.95. The Kier molecular flexibility index (Phi) is 5.07. The number of nitrogens with zero attached hydrogens (tertiary/aromatic N) is 1. The lowest BCUT2D eigenvalue weighted by Gasteiger charge is -2.16. The van der Waals surface area contributed by atoms with Crippen molar-refractivity contribution in [3.05, 3.63) is 66.0 Å². The van der Waals surface area contributed by atoms with Crippen LogP contribution in [0, 0.1) is 11.7 Å². The highest BCUT2D eigenvalue weighted by Crippen LogP contribution is 2.22. The zero-order valence-electron chi connectivity index (χ0n) is 12.7. The van der Waals surface area contributed by atoms with Crippen molar-refractivity contribution in [1.82, 2.24) is 4.90 Å². The Morgan fingerprint density at radius 3 is 2.64 bits per heavy atom. The van der Waals surface area contributed by atoms with Crippen LogP contribution >= 0.6 is 0 Å². The third-order valence-electron chi connectivity index (χ3n) is 4.26. The third kappa shape index (κ3) is 4.08. The number of rotatable bonds is 6. The number of hydrogen-bond donors (Lipinski definition) is 0. The molecule has 1 heterocycles. The normalized spacial score (nSPS) is 18.5. The summed E-state index contributed by atoms with van der Waals surface area (Å²) in [5.41, 5.74) is 0.842. The van der Waals surface area contributed by atoms with Gasteiger partial charge in [-0.1, -0.05) is 36.4 Å². The molecular weight excluding hydrogens is 277 g/mol. The van der Waals surface area contributed by atoms with Gasteiger partial charge in [-0.05, 0) is 49.1 Å². The zero-order chi connectivity index (χ0) is 15.2. The second kappa shape index (κ2) is 7.41. The fourth-order valence-electron chi connectivity index (χ4n) is 3.07. The minimum atomic E-state index is -0.0756. The lowest BCUT2D eigenvalue weighted by atomic mass is 9.98. The van der Waals surface area contributed by atoms with E-state index in [9.17, 15) is 4.39 Å². The molecular formula is C19H22FNO. The largest absolute Gasteiger partial charge is 0.492 e. The summed E-state index contributed by atoms with van der Waals surface area (Å²) in [7, 11) is 0. The van der Waals surface area contributed by atoms with Gasteiger partial charge in [0.15, 0.2) is 0 Å². The topological polar surface area (TPSA) is 12.5 Å². The van der Waals surface area contributed by atoms with Crippen LogP contribution < -0.4 is 4.74 Å². The predicted molar refractivity (Wildman–Crippen MR) is 86.6 cm³/mol. The SMILES string of the molecule is Fc1ccccc1CC1CCN(CCOc2ccccc2)C1. The summed E-state index contributed by atoms with van der Waals surface area (Å²) < 4.78 is 19.4. The molecule has 1 atom stereocenters. The maximum atomic E-state index is 13.7.